The number of aryl methyl sites for hydroxylation is 1. The summed E-state index contributed by atoms with van der Waals surface area (Å²) < 4.78 is 5.33. The smallest absolute Gasteiger partial charge is 0.407 e. The Bertz CT molecular complexity index is 1790. The number of carbonyl (C=O) groups is 4. The minimum absolute atomic E-state index is 0.175. The lowest BCUT2D eigenvalue weighted by molar-refractivity contribution is -0.130. The maximum Gasteiger partial charge on any atom is 0.407 e. The number of alkyl carbamates (subject to hydrolysis) is 1. The van der Waals surface area contributed by atoms with Crippen LogP contribution < -0.4 is 16.0 Å². The summed E-state index contributed by atoms with van der Waals surface area (Å²) in [4.78, 5) is 50.6. The highest BCUT2D eigenvalue weighted by Gasteiger charge is 2.30. The third-order valence-electron chi connectivity index (χ3n) is 8.56. The van der Waals surface area contributed by atoms with Gasteiger partial charge >= 0.3 is 12.1 Å². The van der Waals surface area contributed by atoms with Crippen molar-refractivity contribution < 1.29 is 29.0 Å². The Balaban J connectivity index is 1.25. The fourth-order valence-corrected chi connectivity index (χ4v) is 5.99. The molecule has 12 heteroatoms. The van der Waals surface area contributed by atoms with E-state index in [1.165, 1.54) is 0 Å². The largest absolute Gasteiger partial charge is 0.478 e. The van der Waals surface area contributed by atoms with Crippen molar-refractivity contribution in [1.29, 1.82) is 0 Å². The van der Waals surface area contributed by atoms with Crippen LogP contribution in [-0.4, -0.2) is 62.6 Å². The van der Waals surface area contributed by atoms with Gasteiger partial charge in [0.2, 0.25) is 11.8 Å². The molecule has 5 rings (SSSR count). The summed E-state index contributed by atoms with van der Waals surface area (Å²) >= 11 is 0. The van der Waals surface area contributed by atoms with Gasteiger partial charge in [-0.25, -0.2) is 9.59 Å². The normalized spacial score (nSPS) is 16.9. The van der Waals surface area contributed by atoms with Crippen LogP contribution in [0.15, 0.2) is 60.7 Å². The Morgan fingerprint density at radius 2 is 1.71 bits per heavy atom. The molecule has 1 aliphatic rings. The van der Waals surface area contributed by atoms with E-state index in [1.807, 2.05) is 52.0 Å². The first-order valence-corrected chi connectivity index (χ1v) is 16.2. The monoisotopic (exact) mass is 654 g/mol. The Hall–Kier alpha value is -5.26. The molecule has 252 valence electrons. The van der Waals surface area contributed by atoms with Gasteiger partial charge in [0.05, 0.1) is 11.1 Å². The molecule has 3 aromatic carbocycles. The molecule has 1 aliphatic carbocycles. The number of fused-ring (bicyclic) bond motifs is 1. The first-order valence-electron chi connectivity index (χ1n) is 16.2. The Kier molecular flexibility index (Phi) is 10.4. The van der Waals surface area contributed by atoms with E-state index in [1.54, 1.807) is 36.4 Å². The van der Waals surface area contributed by atoms with Crippen LogP contribution in [0.5, 0.6) is 0 Å². The topological polar surface area (TPSA) is 175 Å². The van der Waals surface area contributed by atoms with Crippen LogP contribution in [0.4, 0.5) is 10.5 Å². The van der Waals surface area contributed by atoms with Crippen LogP contribution in [0.2, 0.25) is 0 Å². The molecule has 5 N–H and O–H groups in total. The van der Waals surface area contributed by atoms with Crippen LogP contribution in [0.3, 0.4) is 0 Å². The molecule has 48 heavy (non-hydrogen) atoms. The van der Waals surface area contributed by atoms with Crippen molar-refractivity contribution in [3.63, 3.8) is 0 Å². The van der Waals surface area contributed by atoms with Gasteiger partial charge in [0.15, 0.2) is 0 Å². The summed E-state index contributed by atoms with van der Waals surface area (Å²) in [5, 5.41) is 28.7. The second-order valence-corrected chi connectivity index (χ2v) is 13.4. The zero-order chi connectivity index (χ0) is 34.4. The number of carboxylic acids is 1. The average molecular weight is 655 g/mol. The van der Waals surface area contributed by atoms with Gasteiger partial charge in [-0.1, -0.05) is 35.5 Å². The quantitative estimate of drug-likeness (QED) is 0.146. The van der Waals surface area contributed by atoms with E-state index in [4.69, 9.17) is 4.74 Å². The van der Waals surface area contributed by atoms with Gasteiger partial charge in [-0.3, -0.25) is 14.7 Å². The highest BCUT2D eigenvalue weighted by atomic mass is 16.6. The van der Waals surface area contributed by atoms with E-state index < -0.39 is 23.7 Å². The molecule has 1 atom stereocenters. The van der Waals surface area contributed by atoms with E-state index in [0.29, 0.717) is 30.6 Å². The predicted molar refractivity (Wildman–Crippen MR) is 181 cm³/mol. The van der Waals surface area contributed by atoms with E-state index in [0.717, 1.165) is 40.6 Å². The van der Waals surface area contributed by atoms with Gasteiger partial charge in [0, 0.05) is 24.6 Å². The predicted octanol–water partition coefficient (Wildman–Crippen LogP) is 5.63. The van der Waals surface area contributed by atoms with E-state index in [2.05, 4.69) is 31.4 Å². The van der Waals surface area contributed by atoms with Crippen LogP contribution >= 0.6 is 0 Å². The fourth-order valence-electron chi connectivity index (χ4n) is 5.99. The minimum Gasteiger partial charge on any atom is -0.478 e. The Morgan fingerprint density at radius 1 is 0.979 bits per heavy atom. The first-order chi connectivity index (χ1) is 22.8. The van der Waals surface area contributed by atoms with Gasteiger partial charge in [-0.05, 0) is 112 Å². The Morgan fingerprint density at radius 3 is 2.38 bits per heavy atom. The van der Waals surface area contributed by atoms with E-state index >= 15 is 0 Å². The van der Waals surface area contributed by atoms with Gasteiger partial charge in [0.1, 0.15) is 17.2 Å². The Labute approximate surface area is 279 Å². The summed E-state index contributed by atoms with van der Waals surface area (Å²) in [5.41, 5.74) is 5.06. The maximum atomic E-state index is 13.7. The summed E-state index contributed by atoms with van der Waals surface area (Å²) in [6.07, 6.45) is 2.67. The molecule has 1 saturated carbocycles. The van der Waals surface area contributed by atoms with Crippen molar-refractivity contribution in [2.45, 2.75) is 71.4 Å². The van der Waals surface area contributed by atoms with Gasteiger partial charge in [-0.2, -0.15) is 0 Å². The number of hydrogen-bond donors (Lipinski definition) is 5. The zero-order valence-corrected chi connectivity index (χ0v) is 27.6. The summed E-state index contributed by atoms with van der Waals surface area (Å²) in [6.45, 7) is 7.81. The summed E-state index contributed by atoms with van der Waals surface area (Å²) in [5.74, 6) is -1.51. The van der Waals surface area contributed by atoms with E-state index in [9.17, 15) is 24.3 Å². The molecule has 0 unspecified atom stereocenters. The van der Waals surface area contributed by atoms with Crippen molar-refractivity contribution in [1.82, 2.24) is 26.0 Å². The molecule has 0 saturated heterocycles. The lowest BCUT2D eigenvalue weighted by Crippen LogP contribution is -2.48. The van der Waals surface area contributed by atoms with Crippen LogP contribution in [0.1, 0.15) is 67.9 Å². The van der Waals surface area contributed by atoms with Crippen LogP contribution in [0.25, 0.3) is 22.2 Å². The first kappa shape index (κ1) is 34.1. The number of carboxylic acid groups (broad SMARTS) is 1. The average Bonchev–Trinajstić information content (AvgIpc) is 3.51. The highest BCUT2D eigenvalue weighted by molar-refractivity contribution is 5.98. The van der Waals surface area contributed by atoms with Crippen molar-refractivity contribution in [3.05, 3.63) is 77.4 Å². The number of aromatic nitrogens is 3. The molecule has 3 amide bonds. The van der Waals surface area contributed by atoms with Crippen molar-refractivity contribution in [2.75, 3.05) is 11.9 Å². The fraction of sp³-hybridized carbons (Fsp3) is 0.389. The molecule has 0 radical (unpaired) electrons. The standard InChI is InChI=1S/C36H42N6O6/c1-21-17-26(34(45)46)13-15-28(21)24-9-5-22(6-10-24)18-31(33(44)38-27-14-16-29-30(19-27)41-42-40-29)39-32(43)25-11-7-23(8-12-25)20-37-35(47)48-36(2,3)4/h5-6,9-10,13-17,19,23,25,31H,7-8,11-12,18,20H2,1-4H3,(H,37,47)(H,38,44)(H,39,43)(H,45,46)(H,40,41,42)/t23-,25-,31-/m0/s1. The lowest BCUT2D eigenvalue weighted by Gasteiger charge is -2.29. The number of hydrogen-bond acceptors (Lipinski definition) is 7. The van der Waals surface area contributed by atoms with Crippen molar-refractivity contribution in [2.24, 2.45) is 11.8 Å². The molecule has 0 spiro atoms. The van der Waals surface area contributed by atoms with Gasteiger partial charge < -0.3 is 25.8 Å². The number of amides is 3. The molecular formula is C36H42N6O6. The summed E-state index contributed by atoms with van der Waals surface area (Å²) in [7, 11) is 0. The third kappa shape index (κ3) is 8.96. The number of H-pyrrole nitrogens is 1. The number of aromatic amines is 1. The number of anilines is 1. The number of rotatable bonds is 10. The molecule has 0 bridgehead atoms. The second-order valence-electron chi connectivity index (χ2n) is 13.4. The van der Waals surface area contributed by atoms with Crippen molar-refractivity contribution in [3.8, 4) is 11.1 Å². The number of nitrogens with one attached hydrogen (secondary N) is 4. The van der Waals surface area contributed by atoms with Crippen LogP contribution in [0, 0.1) is 18.8 Å². The molecule has 1 heterocycles. The molecular weight excluding hydrogens is 612 g/mol. The summed E-state index contributed by atoms with van der Waals surface area (Å²) in [6, 6.07) is 17.1. The van der Waals surface area contributed by atoms with E-state index in [-0.39, 0.29) is 35.6 Å². The molecule has 1 fully saturated rings. The third-order valence-corrected chi connectivity index (χ3v) is 8.56. The zero-order valence-electron chi connectivity index (χ0n) is 27.6. The SMILES string of the molecule is Cc1cc(C(=O)O)ccc1-c1ccc(C[C@H](NC(=O)[C@H]2CC[C@H](CNC(=O)OC(C)(C)C)CC2)C(=O)Nc2ccc3[nH]nnc3c2)cc1. The van der Waals surface area contributed by atoms with Gasteiger partial charge in [-0.15, -0.1) is 5.10 Å². The molecule has 0 aliphatic heterocycles. The molecule has 1 aromatic heterocycles. The molecule has 12 nitrogen and oxygen atoms in total. The highest BCUT2D eigenvalue weighted by Crippen LogP contribution is 2.29. The number of ether oxygens (including phenoxy) is 1. The number of nitrogens with zero attached hydrogens (tertiary/aromatic N) is 2. The minimum atomic E-state index is -0.976. The number of benzene rings is 3. The maximum absolute atomic E-state index is 13.7. The number of carbonyl (C=O) groups excluding carboxylic acids is 3. The molecule has 4 aromatic rings. The lowest BCUT2D eigenvalue weighted by atomic mass is 9.81. The van der Waals surface area contributed by atoms with Crippen molar-refractivity contribution >= 4 is 40.6 Å². The second kappa shape index (κ2) is 14.7. The number of aromatic carboxylic acids is 1. The van der Waals surface area contributed by atoms with Crippen LogP contribution in [-0.2, 0) is 20.7 Å². The van der Waals surface area contributed by atoms with Gasteiger partial charge in [0.25, 0.3) is 0 Å².